The Bertz CT molecular complexity index is 1170. The summed E-state index contributed by atoms with van der Waals surface area (Å²) in [4.78, 5) is 51.0. The minimum Gasteiger partial charge on any atom is -0.337 e. The summed E-state index contributed by atoms with van der Waals surface area (Å²) in [6.45, 7) is 1.89. The molecule has 1 saturated heterocycles. The van der Waals surface area contributed by atoms with E-state index < -0.39 is 23.0 Å². The molecule has 1 fully saturated rings. The molecule has 0 N–H and O–H groups in total. The summed E-state index contributed by atoms with van der Waals surface area (Å²) in [5.74, 6) is -1.77. The second-order valence-electron chi connectivity index (χ2n) is 8.14. The number of carbonyl (C=O) groups is 3. The summed E-state index contributed by atoms with van der Waals surface area (Å²) in [6.07, 6.45) is 4.39. The van der Waals surface area contributed by atoms with Gasteiger partial charge in [0.1, 0.15) is 10.8 Å². The van der Waals surface area contributed by atoms with Gasteiger partial charge in [-0.3, -0.25) is 24.3 Å². The molecule has 2 aromatic heterocycles. The number of likely N-dealkylation sites (tertiary alicyclic amines) is 1. The molecule has 1 aliphatic heterocycles. The number of amides is 3. The van der Waals surface area contributed by atoms with Gasteiger partial charge in [-0.25, -0.2) is 9.37 Å². The number of carbonyl (C=O) groups excluding carboxylic acids is 3. The molecular weight excluding hydrogens is 443 g/mol. The van der Waals surface area contributed by atoms with Gasteiger partial charge in [-0.15, -0.1) is 11.3 Å². The maximum Gasteiger partial charge on any atom is 0.241 e. The Labute approximate surface area is 194 Å². The predicted octanol–water partition coefficient (Wildman–Crippen LogP) is 3.48. The number of benzene rings is 1. The highest BCUT2D eigenvalue weighted by Crippen LogP contribution is 2.41. The van der Waals surface area contributed by atoms with Crippen LogP contribution in [0.25, 0.3) is 0 Å². The van der Waals surface area contributed by atoms with E-state index in [0.717, 1.165) is 9.91 Å². The smallest absolute Gasteiger partial charge is 0.241 e. The fraction of sp³-hybridized carbons (Fsp3) is 0.292. The number of pyridine rings is 1. The van der Waals surface area contributed by atoms with Crippen LogP contribution in [0.2, 0.25) is 0 Å². The second-order valence-corrected chi connectivity index (χ2v) is 9.07. The van der Waals surface area contributed by atoms with Gasteiger partial charge in [0, 0.05) is 43.9 Å². The first-order chi connectivity index (χ1) is 15.8. The van der Waals surface area contributed by atoms with Crippen LogP contribution in [0.15, 0.2) is 60.4 Å². The van der Waals surface area contributed by atoms with Crippen LogP contribution < -0.4 is 0 Å². The van der Waals surface area contributed by atoms with Crippen LogP contribution >= 0.6 is 11.3 Å². The van der Waals surface area contributed by atoms with Crippen molar-refractivity contribution in [2.45, 2.75) is 37.8 Å². The largest absolute Gasteiger partial charge is 0.337 e. The zero-order valence-electron chi connectivity index (χ0n) is 18.3. The van der Waals surface area contributed by atoms with Crippen molar-refractivity contribution in [3.63, 3.8) is 0 Å². The average Bonchev–Trinajstić information content (AvgIpc) is 3.43. The first kappa shape index (κ1) is 22.7. The van der Waals surface area contributed by atoms with Crippen LogP contribution in [0.4, 0.5) is 4.39 Å². The van der Waals surface area contributed by atoms with E-state index in [1.54, 1.807) is 43.8 Å². The summed E-state index contributed by atoms with van der Waals surface area (Å²) < 4.78 is 14.1. The molecule has 0 aliphatic carbocycles. The number of hydrogen-bond donors (Lipinski definition) is 0. The molecule has 2 atom stereocenters. The topological polar surface area (TPSA) is 83.5 Å². The Morgan fingerprint density at radius 3 is 2.76 bits per heavy atom. The molecule has 3 amide bonds. The Balaban J connectivity index is 1.67. The van der Waals surface area contributed by atoms with E-state index >= 15 is 0 Å². The Hall–Kier alpha value is -3.46. The predicted molar refractivity (Wildman–Crippen MR) is 120 cm³/mol. The highest BCUT2D eigenvalue weighted by Gasteiger charge is 2.54. The van der Waals surface area contributed by atoms with Gasteiger partial charge in [0.25, 0.3) is 0 Å². The van der Waals surface area contributed by atoms with Gasteiger partial charge in [0.15, 0.2) is 0 Å². The van der Waals surface area contributed by atoms with Crippen LogP contribution in [0, 0.1) is 5.82 Å². The van der Waals surface area contributed by atoms with Crippen LogP contribution in [-0.2, 0) is 26.3 Å². The zero-order valence-corrected chi connectivity index (χ0v) is 19.1. The molecule has 1 aliphatic rings. The van der Waals surface area contributed by atoms with Gasteiger partial charge in [-0.05, 0) is 36.2 Å². The standard InChI is InChI=1S/C24H23FN4O3S/c1-16(22-27-9-10-33-22)28(2)20(30)12-24(18-6-3-7-19(25)11-18)13-21(31)29(23(24)32)15-17-5-4-8-26-14-17/h3-11,14,16H,12-13,15H2,1-2H3/t16-,24+/m0/s1. The Morgan fingerprint density at radius 2 is 2.09 bits per heavy atom. The van der Waals surface area contributed by atoms with Gasteiger partial charge in [-0.1, -0.05) is 18.2 Å². The third-order valence-corrected chi connectivity index (χ3v) is 7.03. The highest BCUT2D eigenvalue weighted by atomic mass is 32.1. The van der Waals surface area contributed by atoms with Gasteiger partial charge in [-0.2, -0.15) is 0 Å². The van der Waals surface area contributed by atoms with E-state index in [-0.39, 0.29) is 31.3 Å². The summed E-state index contributed by atoms with van der Waals surface area (Å²) in [5, 5.41) is 2.59. The fourth-order valence-corrected chi connectivity index (χ4v) is 4.83. The highest BCUT2D eigenvalue weighted by molar-refractivity contribution is 7.09. The first-order valence-electron chi connectivity index (χ1n) is 10.5. The van der Waals surface area contributed by atoms with Crippen LogP contribution in [0.5, 0.6) is 0 Å². The van der Waals surface area contributed by atoms with E-state index in [1.807, 2.05) is 12.3 Å². The van der Waals surface area contributed by atoms with Gasteiger partial charge >= 0.3 is 0 Å². The average molecular weight is 467 g/mol. The third-order valence-electron chi connectivity index (χ3n) is 6.09. The van der Waals surface area contributed by atoms with Crippen molar-refractivity contribution < 1.29 is 18.8 Å². The molecule has 170 valence electrons. The van der Waals surface area contributed by atoms with Gasteiger partial charge in [0.05, 0.1) is 18.0 Å². The maximum absolute atomic E-state index is 14.1. The lowest BCUT2D eigenvalue weighted by Crippen LogP contribution is -2.43. The van der Waals surface area contributed by atoms with E-state index in [9.17, 15) is 18.8 Å². The Morgan fingerprint density at radius 1 is 1.27 bits per heavy atom. The summed E-state index contributed by atoms with van der Waals surface area (Å²) in [7, 11) is 1.64. The lowest BCUT2D eigenvalue weighted by atomic mass is 9.75. The van der Waals surface area contributed by atoms with E-state index in [2.05, 4.69) is 9.97 Å². The van der Waals surface area contributed by atoms with Crippen molar-refractivity contribution in [3.05, 3.63) is 82.3 Å². The molecule has 7 nitrogen and oxygen atoms in total. The Kier molecular flexibility index (Phi) is 6.33. The maximum atomic E-state index is 14.1. The van der Waals surface area contributed by atoms with Gasteiger partial charge < -0.3 is 4.90 Å². The van der Waals surface area contributed by atoms with E-state index in [0.29, 0.717) is 11.1 Å². The number of thiazole rings is 1. The lowest BCUT2D eigenvalue weighted by Gasteiger charge is -2.31. The molecule has 4 rings (SSSR count). The molecular formula is C24H23FN4O3S. The number of halogens is 1. The monoisotopic (exact) mass is 466 g/mol. The molecule has 0 unspecified atom stereocenters. The molecule has 0 saturated carbocycles. The van der Waals surface area contributed by atoms with Crippen molar-refractivity contribution in [3.8, 4) is 0 Å². The number of rotatable bonds is 7. The molecule has 0 radical (unpaired) electrons. The van der Waals surface area contributed by atoms with E-state index in [1.165, 1.54) is 34.4 Å². The van der Waals surface area contributed by atoms with E-state index in [4.69, 9.17) is 0 Å². The zero-order chi connectivity index (χ0) is 23.6. The fourth-order valence-electron chi connectivity index (χ4n) is 4.09. The summed E-state index contributed by atoms with van der Waals surface area (Å²) in [5.41, 5.74) is -0.469. The van der Waals surface area contributed by atoms with Crippen molar-refractivity contribution in [2.24, 2.45) is 0 Å². The summed E-state index contributed by atoms with van der Waals surface area (Å²) >= 11 is 1.43. The second kappa shape index (κ2) is 9.19. The van der Waals surface area contributed by atoms with Crippen molar-refractivity contribution in [2.75, 3.05) is 7.05 Å². The quantitative estimate of drug-likeness (QED) is 0.498. The number of imide groups is 1. The van der Waals surface area contributed by atoms with Crippen LogP contribution in [-0.4, -0.2) is 44.5 Å². The summed E-state index contributed by atoms with van der Waals surface area (Å²) in [6, 6.07) is 8.77. The lowest BCUT2D eigenvalue weighted by molar-refractivity contribution is -0.143. The number of hydrogen-bond acceptors (Lipinski definition) is 6. The minimum atomic E-state index is -1.48. The van der Waals surface area contributed by atoms with Crippen molar-refractivity contribution in [1.29, 1.82) is 0 Å². The molecule has 3 aromatic rings. The van der Waals surface area contributed by atoms with Crippen molar-refractivity contribution in [1.82, 2.24) is 19.8 Å². The molecule has 33 heavy (non-hydrogen) atoms. The normalized spacial score (nSPS) is 19.1. The third kappa shape index (κ3) is 4.41. The van der Waals surface area contributed by atoms with Crippen molar-refractivity contribution >= 4 is 29.1 Å². The SMILES string of the molecule is C[C@@H](c1nccs1)N(C)C(=O)C[C@]1(c2cccc(F)c2)CC(=O)N(Cc2cccnc2)C1=O. The molecule has 0 bridgehead atoms. The molecule has 3 heterocycles. The number of nitrogens with zero attached hydrogens (tertiary/aromatic N) is 4. The van der Waals surface area contributed by atoms with Crippen LogP contribution in [0.1, 0.15) is 41.9 Å². The number of aromatic nitrogens is 2. The molecule has 1 aromatic carbocycles. The first-order valence-corrected chi connectivity index (χ1v) is 11.3. The van der Waals surface area contributed by atoms with Gasteiger partial charge in [0.2, 0.25) is 17.7 Å². The molecule has 9 heteroatoms. The molecule has 0 spiro atoms. The van der Waals surface area contributed by atoms with Crippen LogP contribution in [0.3, 0.4) is 0 Å². The minimum absolute atomic E-state index is 0.0438.